The molecule has 0 aliphatic carbocycles. The highest BCUT2D eigenvalue weighted by Crippen LogP contribution is 2.08. The lowest BCUT2D eigenvalue weighted by Crippen LogP contribution is -2.39. The Bertz CT molecular complexity index is 398. The molecule has 90 valence electrons. The van der Waals surface area contributed by atoms with Crippen molar-refractivity contribution >= 4 is 5.91 Å². The zero-order valence-corrected chi connectivity index (χ0v) is 9.76. The number of nitriles is 1. The Kier molecular flexibility index (Phi) is 5.18. The van der Waals surface area contributed by atoms with Crippen LogP contribution in [0.4, 0.5) is 0 Å². The second kappa shape index (κ2) is 6.66. The van der Waals surface area contributed by atoms with Gasteiger partial charge in [-0.1, -0.05) is 30.3 Å². The monoisotopic (exact) mass is 232 g/mol. The van der Waals surface area contributed by atoms with Crippen LogP contribution in [0.15, 0.2) is 30.3 Å². The molecular formula is C13H16N2O2. The summed E-state index contributed by atoms with van der Waals surface area (Å²) >= 11 is 0. The molecule has 0 bridgehead atoms. The summed E-state index contributed by atoms with van der Waals surface area (Å²) in [7, 11) is 0. The average Bonchev–Trinajstić information content (AvgIpc) is 2.36. The Morgan fingerprint density at radius 3 is 2.65 bits per heavy atom. The van der Waals surface area contributed by atoms with Crippen molar-refractivity contribution in [3.63, 3.8) is 0 Å². The lowest BCUT2D eigenvalue weighted by Gasteiger charge is -2.14. The first-order chi connectivity index (χ1) is 8.17. The quantitative estimate of drug-likeness (QED) is 0.791. The maximum absolute atomic E-state index is 11.7. The van der Waals surface area contributed by atoms with Crippen molar-refractivity contribution in [1.82, 2.24) is 5.32 Å². The predicted molar refractivity (Wildman–Crippen MR) is 63.9 cm³/mol. The van der Waals surface area contributed by atoms with Crippen LogP contribution in [0.1, 0.15) is 12.5 Å². The van der Waals surface area contributed by atoms with Crippen LogP contribution in [-0.4, -0.2) is 23.7 Å². The largest absolute Gasteiger partial charge is 0.394 e. The van der Waals surface area contributed by atoms with Crippen LogP contribution in [0, 0.1) is 17.2 Å². The van der Waals surface area contributed by atoms with Crippen LogP contribution in [0.5, 0.6) is 0 Å². The molecule has 0 radical (unpaired) electrons. The molecule has 2 N–H and O–H groups in total. The molecule has 4 heteroatoms. The van der Waals surface area contributed by atoms with Crippen molar-refractivity contribution < 1.29 is 9.90 Å². The minimum Gasteiger partial charge on any atom is -0.394 e. The first-order valence-corrected chi connectivity index (χ1v) is 5.52. The van der Waals surface area contributed by atoms with E-state index in [4.69, 9.17) is 10.4 Å². The summed E-state index contributed by atoms with van der Waals surface area (Å²) in [5, 5.41) is 20.4. The summed E-state index contributed by atoms with van der Waals surface area (Å²) in [5.74, 6) is -1.05. The number of amides is 1. The number of carbonyl (C=O) groups is 1. The van der Waals surface area contributed by atoms with E-state index in [1.54, 1.807) is 6.92 Å². The lowest BCUT2D eigenvalue weighted by atomic mass is 9.99. The van der Waals surface area contributed by atoms with Crippen molar-refractivity contribution in [1.29, 1.82) is 5.26 Å². The van der Waals surface area contributed by atoms with Gasteiger partial charge in [0.25, 0.3) is 0 Å². The maximum Gasteiger partial charge on any atom is 0.237 e. The van der Waals surface area contributed by atoms with Crippen LogP contribution in [0.3, 0.4) is 0 Å². The molecule has 0 aliphatic heterocycles. The van der Waals surface area contributed by atoms with Gasteiger partial charge in [-0.2, -0.15) is 5.26 Å². The molecule has 2 unspecified atom stereocenters. The lowest BCUT2D eigenvalue weighted by molar-refractivity contribution is -0.124. The molecule has 0 saturated heterocycles. The van der Waals surface area contributed by atoms with Gasteiger partial charge < -0.3 is 10.4 Å². The molecule has 0 spiro atoms. The highest BCUT2D eigenvalue weighted by Gasteiger charge is 2.19. The Balaban J connectivity index is 2.61. The van der Waals surface area contributed by atoms with Gasteiger partial charge in [-0.3, -0.25) is 4.79 Å². The number of carbonyl (C=O) groups excluding carboxylic acids is 1. The highest BCUT2D eigenvalue weighted by molar-refractivity contribution is 5.81. The zero-order valence-electron chi connectivity index (χ0n) is 9.76. The van der Waals surface area contributed by atoms with Gasteiger partial charge in [-0.05, 0) is 18.9 Å². The molecule has 0 aliphatic rings. The summed E-state index contributed by atoms with van der Waals surface area (Å²) < 4.78 is 0. The Hall–Kier alpha value is -1.86. The van der Waals surface area contributed by atoms with Crippen LogP contribution in [-0.2, 0) is 11.2 Å². The molecule has 1 aromatic carbocycles. The van der Waals surface area contributed by atoms with Crippen molar-refractivity contribution in [2.75, 3.05) is 6.61 Å². The molecule has 17 heavy (non-hydrogen) atoms. The fourth-order valence-electron chi connectivity index (χ4n) is 1.44. The van der Waals surface area contributed by atoms with Gasteiger partial charge in [0.15, 0.2) is 0 Å². The second-order valence-corrected chi connectivity index (χ2v) is 3.96. The molecule has 1 aromatic rings. The van der Waals surface area contributed by atoms with E-state index in [2.05, 4.69) is 5.32 Å². The van der Waals surface area contributed by atoms with Crippen molar-refractivity contribution in [2.45, 2.75) is 19.4 Å². The summed E-state index contributed by atoms with van der Waals surface area (Å²) in [5.41, 5.74) is 0.950. The van der Waals surface area contributed by atoms with E-state index in [1.165, 1.54) is 0 Å². The molecule has 0 heterocycles. The van der Waals surface area contributed by atoms with E-state index in [-0.39, 0.29) is 18.6 Å². The van der Waals surface area contributed by atoms with Crippen molar-refractivity contribution in [2.24, 2.45) is 5.92 Å². The minimum absolute atomic E-state index is 0.130. The minimum atomic E-state index is -0.716. The summed E-state index contributed by atoms with van der Waals surface area (Å²) in [6, 6.07) is 11.1. The SMILES string of the molecule is CC(CO)NC(=O)C(C#N)Cc1ccccc1. The van der Waals surface area contributed by atoms with Crippen LogP contribution in [0.25, 0.3) is 0 Å². The Morgan fingerprint density at radius 2 is 2.12 bits per heavy atom. The molecule has 0 saturated carbocycles. The molecule has 0 fully saturated rings. The second-order valence-electron chi connectivity index (χ2n) is 3.96. The third-order valence-electron chi connectivity index (χ3n) is 2.42. The predicted octanol–water partition coefficient (Wildman–Crippen LogP) is 0.866. The molecule has 0 aromatic heterocycles. The van der Waals surface area contributed by atoms with Crippen LogP contribution in [0.2, 0.25) is 0 Å². The first-order valence-electron chi connectivity index (χ1n) is 5.52. The summed E-state index contributed by atoms with van der Waals surface area (Å²) in [6.07, 6.45) is 0.390. The Morgan fingerprint density at radius 1 is 1.47 bits per heavy atom. The third-order valence-corrected chi connectivity index (χ3v) is 2.42. The van der Waals surface area contributed by atoms with E-state index >= 15 is 0 Å². The summed E-state index contributed by atoms with van der Waals surface area (Å²) in [4.78, 5) is 11.7. The van der Waals surface area contributed by atoms with Gasteiger partial charge in [0.1, 0.15) is 5.92 Å². The van der Waals surface area contributed by atoms with Crippen LogP contribution >= 0.6 is 0 Å². The van der Waals surface area contributed by atoms with E-state index in [1.807, 2.05) is 36.4 Å². The molecule has 4 nitrogen and oxygen atoms in total. The van der Waals surface area contributed by atoms with Crippen molar-refractivity contribution in [3.05, 3.63) is 35.9 Å². The molecule has 2 atom stereocenters. The molecule has 1 rings (SSSR count). The molecule has 1 amide bonds. The first kappa shape index (κ1) is 13.2. The molecular weight excluding hydrogens is 216 g/mol. The number of aliphatic hydroxyl groups excluding tert-OH is 1. The number of benzene rings is 1. The highest BCUT2D eigenvalue weighted by atomic mass is 16.3. The standard InChI is InChI=1S/C13H16N2O2/c1-10(9-16)15-13(17)12(8-14)7-11-5-3-2-4-6-11/h2-6,10,12,16H,7,9H2,1H3,(H,15,17). The number of nitrogens with zero attached hydrogens (tertiary/aromatic N) is 1. The number of hydrogen-bond acceptors (Lipinski definition) is 3. The maximum atomic E-state index is 11.7. The van der Waals surface area contributed by atoms with Crippen LogP contribution < -0.4 is 5.32 Å². The van der Waals surface area contributed by atoms with Gasteiger partial charge in [-0.25, -0.2) is 0 Å². The van der Waals surface area contributed by atoms with E-state index in [0.29, 0.717) is 6.42 Å². The van der Waals surface area contributed by atoms with Crippen molar-refractivity contribution in [3.8, 4) is 6.07 Å². The van der Waals surface area contributed by atoms with E-state index < -0.39 is 5.92 Å². The number of nitrogens with one attached hydrogen (secondary N) is 1. The van der Waals surface area contributed by atoms with Gasteiger partial charge >= 0.3 is 0 Å². The average molecular weight is 232 g/mol. The van der Waals surface area contributed by atoms with Gasteiger partial charge in [-0.15, -0.1) is 0 Å². The van der Waals surface area contributed by atoms with E-state index in [0.717, 1.165) is 5.56 Å². The topological polar surface area (TPSA) is 73.1 Å². The fraction of sp³-hybridized carbons (Fsp3) is 0.385. The smallest absolute Gasteiger partial charge is 0.237 e. The normalized spacial score (nSPS) is 13.5. The summed E-state index contributed by atoms with van der Waals surface area (Å²) in [6.45, 7) is 1.56. The van der Waals surface area contributed by atoms with Gasteiger partial charge in [0.2, 0.25) is 5.91 Å². The van der Waals surface area contributed by atoms with Gasteiger partial charge in [0, 0.05) is 6.04 Å². The third kappa shape index (κ3) is 4.25. The number of hydrogen-bond donors (Lipinski definition) is 2. The van der Waals surface area contributed by atoms with E-state index in [9.17, 15) is 4.79 Å². The fourth-order valence-corrected chi connectivity index (χ4v) is 1.44. The Labute approximate surface area is 101 Å². The number of aliphatic hydroxyl groups is 1. The number of rotatable bonds is 5. The zero-order chi connectivity index (χ0) is 12.7. The van der Waals surface area contributed by atoms with Gasteiger partial charge in [0.05, 0.1) is 12.7 Å².